The van der Waals surface area contributed by atoms with Crippen molar-refractivity contribution in [2.75, 3.05) is 30.0 Å². The van der Waals surface area contributed by atoms with E-state index in [1.54, 1.807) is 29.2 Å². The Kier molecular flexibility index (Phi) is 14.3. The van der Waals surface area contributed by atoms with E-state index in [1.807, 2.05) is 44.1 Å². The van der Waals surface area contributed by atoms with E-state index in [4.69, 9.17) is 15.7 Å². The molecule has 2 aromatic heterocycles. The topological polar surface area (TPSA) is 126 Å². The predicted molar refractivity (Wildman–Crippen MR) is 280 cm³/mol. The van der Waals surface area contributed by atoms with Crippen LogP contribution in [0.3, 0.4) is 0 Å². The Balaban J connectivity index is 0.851. The van der Waals surface area contributed by atoms with Crippen molar-refractivity contribution < 1.29 is 18.4 Å². The molecule has 1 unspecified atom stereocenters. The molecule has 0 radical (unpaired) electrons. The largest absolute Gasteiger partial charge is 0.340 e. The monoisotopic (exact) mass is 1030 g/mol. The highest BCUT2D eigenvalue weighted by Crippen LogP contribution is 2.40. The third kappa shape index (κ3) is 10.6. The van der Waals surface area contributed by atoms with Gasteiger partial charge in [-0.1, -0.05) is 73.1 Å². The van der Waals surface area contributed by atoms with Crippen LogP contribution in [0.15, 0.2) is 126 Å². The highest BCUT2D eigenvalue weighted by molar-refractivity contribution is 9.10. The van der Waals surface area contributed by atoms with Gasteiger partial charge in [0, 0.05) is 59.6 Å². The smallest absolute Gasteiger partial charge is 0.254 e. The van der Waals surface area contributed by atoms with E-state index in [9.17, 15) is 18.4 Å². The highest BCUT2D eigenvalue weighted by Gasteiger charge is 2.47. The summed E-state index contributed by atoms with van der Waals surface area (Å²) in [6, 6.07) is 37.7. The molecular formula is C55H58BrF2N9O2S. The number of carbonyl (C=O) groups is 2. The predicted octanol–water partition coefficient (Wildman–Crippen LogP) is 11.5. The fraction of sp³-hybridized carbons (Fsp3) is 0.309. The average molecular weight is 1030 g/mol. The number of thioether (sulfide) groups is 1. The summed E-state index contributed by atoms with van der Waals surface area (Å²) in [7, 11) is 0. The van der Waals surface area contributed by atoms with E-state index >= 15 is 0 Å². The summed E-state index contributed by atoms with van der Waals surface area (Å²) in [4.78, 5) is 39.9. The van der Waals surface area contributed by atoms with Crippen LogP contribution in [0.1, 0.15) is 62.0 Å². The Morgan fingerprint density at radius 3 is 1.51 bits per heavy atom. The lowest BCUT2D eigenvalue weighted by Gasteiger charge is -2.42. The van der Waals surface area contributed by atoms with Gasteiger partial charge in [0.15, 0.2) is 0 Å². The number of fused-ring (bicyclic) bond motifs is 2. The molecule has 9 rings (SSSR count). The summed E-state index contributed by atoms with van der Waals surface area (Å²) < 4.78 is 33.4. The minimum Gasteiger partial charge on any atom is -0.340 e. The molecule has 2 amide bonds. The maximum Gasteiger partial charge on any atom is 0.254 e. The minimum absolute atomic E-state index is 0.115. The molecule has 0 saturated carbocycles. The number of amides is 2. The molecule has 0 saturated heterocycles. The van der Waals surface area contributed by atoms with E-state index < -0.39 is 10.3 Å². The van der Waals surface area contributed by atoms with Crippen LogP contribution in [0.5, 0.6) is 0 Å². The van der Waals surface area contributed by atoms with E-state index in [-0.39, 0.29) is 23.4 Å². The number of anilines is 4. The van der Waals surface area contributed by atoms with E-state index in [0.29, 0.717) is 57.1 Å². The number of nitrogens with one attached hydrogen (secondary N) is 2. The van der Waals surface area contributed by atoms with Crippen LogP contribution < -0.4 is 16.4 Å². The summed E-state index contributed by atoms with van der Waals surface area (Å²) in [5.41, 5.74) is 14.6. The third-order valence-electron chi connectivity index (χ3n) is 13.5. The van der Waals surface area contributed by atoms with Gasteiger partial charge in [-0.2, -0.15) is 0 Å². The number of halogens is 3. The van der Waals surface area contributed by atoms with Crippen LogP contribution in [-0.4, -0.2) is 64.9 Å². The van der Waals surface area contributed by atoms with Gasteiger partial charge in [0.2, 0.25) is 5.91 Å². The number of benzene rings is 5. The maximum absolute atomic E-state index is 14.0. The van der Waals surface area contributed by atoms with Crippen LogP contribution in [-0.2, 0) is 55.0 Å². The van der Waals surface area contributed by atoms with Crippen molar-refractivity contribution in [3.05, 3.63) is 166 Å². The van der Waals surface area contributed by atoms with Crippen molar-refractivity contribution in [1.82, 2.24) is 28.9 Å². The zero-order valence-electron chi connectivity index (χ0n) is 39.9. The molecule has 2 aliphatic rings. The maximum atomic E-state index is 14.0. The molecule has 15 heteroatoms. The second kappa shape index (κ2) is 20.6. The fourth-order valence-corrected chi connectivity index (χ4v) is 10.4. The molecule has 7 aromatic rings. The fourth-order valence-electron chi connectivity index (χ4n) is 9.19. The Hall–Kier alpha value is -6.29. The molecule has 0 aliphatic carbocycles. The Morgan fingerprint density at radius 1 is 0.629 bits per heavy atom. The van der Waals surface area contributed by atoms with Crippen molar-refractivity contribution in [3.8, 4) is 22.5 Å². The number of imidazole rings is 2. The minimum atomic E-state index is -1.10. The molecule has 362 valence electrons. The van der Waals surface area contributed by atoms with Crippen molar-refractivity contribution in [1.29, 1.82) is 0 Å². The zero-order valence-corrected chi connectivity index (χ0v) is 42.3. The Labute approximate surface area is 421 Å². The SMILES string of the molecule is CSC(N)(C(=O)N1CCn2c(nc(-c3ccc(F)cc3)c2Nc2ccc(CCc3ccc(Nc4c(-c5ccc(F)cc5)nc5n4CCN(C(=O)CCCc4ccc(Br)cc4)C5)cc3)cc2)C1)C(C)(C)C. The summed E-state index contributed by atoms with van der Waals surface area (Å²) in [6.45, 7) is 8.83. The molecule has 0 fully saturated rings. The molecule has 0 spiro atoms. The lowest BCUT2D eigenvalue weighted by molar-refractivity contribution is -0.138. The number of hydrogen-bond donors (Lipinski definition) is 3. The van der Waals surface area contributed by atoms with Crippen LogP contribution in [0.2, 0.25) is 0 Å². The first-order valence-electron chi connectivity index (χ1n) is 23.7. The zero-order chi connectivity index (χ0) is 49.2. The van der Waals surface area contributed by atoms with E-state index in [2.05, 4.69) is 96.4 Å². The molecule has 11 nitrogen and oxygen atoms in total. The molecule has 2 aliphatic heterocycles. The van der Waals surface area contributed by atoms with Gasteiger partial charge in [-0.3, -0.25) is 9.59 Å². The first-order valence-corrected chi connectivity index (χ1v) is 25.8. The molecule has 0 bridgehead atoms. The summed E-state index contributed by atoms with van der Waals surface area (Å²) in [6.07, 6.45) is 5.62. The number of hydrogen-bond acceptors (Lipinski definition) is 8. The number of nitrogens with two attached hydrogens (primary N) is 1. The molecular weight excluding hydrogens is 969 g/mol. The number of aromatic nitrogens is 4. The molecule has 70 heavy (non-hydrogen) atoms. The quantitative estimate of drug-likeness (QED) is 0.0867. The van der Waals surface area contributed by atoms with Gasteiger partial charge < -0.3 is 35.3 Å². The van der Waals surface area contributed by atoms with Gasteiger partial charge in [-0.25, -0.2) is 18.7 Å². The van der Waals surface area contributed by atoms with Crippen LogP contribution in [0.25, 0.3) is 22.5 Å². The lowest BCUT2D eigenvalue weighted by atomic mass is 9.85. The number of aryl methyl sites for hydroxylation is 3. The van der Waals surface area contributed by atoms with Crippen molar-refractivity contribution in [3.63, 3.8) is 0 Å². The van der Waals surface area contributed by atoms with E-state index in [0.717, 1.165) is 75.9 Å². The average Bonchev–Trinajstić information content (AvgIpc) is 3.91. The number of nitrogens with zero attached hydrogens (tertiary/aromatic N) is 6. The van der Waals surface area contributed by atoms with Crippen molar-refractivity contribution in [2.24, 2.45) is 11.1 Å². The number of rotatable bonds is 15. The standard InChI is InChI=1S/C55H58BrF2N9O2S/c1-54(2,3)55(59,70-4)53(69)65-31-33-67-47(35-65)63-50(40-18-24-43(58)25-19-40)52(67)61-45-28-14-38(15-29-45)9-8-37-12-26-44(27-13-37)60-51-49(39-16-22-42(57)23-17-39)62-46-34-64(30-32-66(46)51)48(68)7-5-6-36-10-20-41(56)21-11-36/h10-29,60-61H,5-9,30-35,59H2,1-4H3. The van der Waals surface area contributed by atoms with Gasteiger partial charge in [0.05, 0.1) is 13.1 Å². The van der Waals surface area contributed by atoms with Gasteiger partial charge in [-0.15, -0.1) is 11.8 Å². The van der Waals surface area contributed by atoms with Crippen LogP contribution >= 0.6 is 27.7 Å². The molecule has 5 aromatic carbocycles. The number of carbonyl (C=O) groups excluding carboxylic acids is 2. The summed E-state index contributed by atoms with van der Waals surface area (Å²) in [5.74, 6) is 2.48. The molecule has 1 atom stereocenters. The van der Waals surface area contributed by atoms with Gasteiger partial charge in [0.1, 0.15) is 51.2 Å². The Bertz CT molecular complexity index is 2970. The summed E-state index contributed by atoms with van der Waals surface area (Å²) in [5, 5.41) is 7.23. The molecule has 4 heterocycles. The van der Waals surface area contributed by atoms with Crippen molar-refractivity contribution >= 4 is 62.5 Å². The lowest BCUT2D eigenvalue weighted by Crippen LogP contribution is -2.61. The van der Waals surface area contributed by atoms with Gasteiger partial charge in [-0.05, 0) is 139 Å². The van der Waals surface area contributed by atoms with Gasteiger partial charge >= 0.3 is 0 Å². The van der Waals surface area contributed by atoms with Crippen molar-refractivity contribution in [2.45, 2.75) is 83.9 Å². The normalized spacial score (nSPS) is 14.5. The molecule has 4 N–H and O–H groups in total. The first-order chi connectivity index (χ1) is 33.6. The van der Waals surface area contributed by atoms with Crippen LogP contribution in [0, 0.1) is 17.0 Å². The third-order valence-corrected chi connectivity index (χ3v) is 15.4. The second-order valence-corrected chi connectivity index (χ2v) is 21.1. The summed E-state index contributed by atoms with van der Waals surface area (Å²) >= 11 is 4.85. The Morgan fingerprint density at radius 2 is 1.06 bits per heavy atom. The second-order valence-electron chi connectivity index (χ2n) is 19.1. The van der Waals surface area contributed by atoms with Gasteiger partial charge in [0.25, 0.3) is 5.91 Å². The highest BCUT2D eigenvalue weighted by atomic mass is 79.9. The first kappa shape index (κ1) is 48.7. The van der Waals surface area contributed by atoms with Crippen LogP contribution in [0.4, 0.5) is 31.8 Å². The van der Waals surface area contributed by atoms with E-state index in [1.165, 1.54) is 52.7 Å².